The zero-order valence-corrected chi connectivity index (χ0v) is 18.5. The van der Waals surface area contributed by atoms with E-state index in [1.54, 1.807) is 39.5 Å². The second-order valence-electron chi connectivity index (χ2n) is 8.33. The molecule has 0 unspecified atom stereocenters. The zero-order valence-electron chi connectivity index (χ0n) is 18.5. The van der Waals surface area contributed by atoms with Crippen LogP contribution in [-0.4, -0.2) is 52.6 Å². The van der Waals surface area contributed by atoms with E-state index in [1.165, 1.54) is 17.5 Å². The van der Waals surface area contributed by atoms with Gasteiger partial charge in [-0.1, -0.05) is 12.8 Å². The summed E-state index contributed by atoms with van der Waals surface area (Å²) in [5.41, 5.74) is 0.639. The minimum absolute atomic E-state index is 0.0180. The third-order valence-corrected chi connectivity index (χ3v) is 6.45. The number of carbonyl (C=O) groups excluding carboxylic acids is 1. The molecule has 2 aliphatic rings. The second kappa shape index (κ2) is 9.03. The molecule has 1 aromatic heterocycles. The van der Waals surface area contributed by atoms with Crippen molar-refractivity contribution in [2.24, 2.45) is 7.05 Å². The van der Waals surface area contributed by atoms with E-state index >= 15 is 0 Å². The smallest absolute Gasteiger partial charge is 0.345 e. The van der Waals surface area contributed by atoms with E-state index in [0.717, 1.165) is 31.5 Å². The van der Waals surface area contributed by atoms with Crippen molar-refractivity contribution in [1.82, 2.24) is 19.2 Å². The predicted octanol–water partition coefficient (Wildman–Crippen LogP) is 3.13. The normalized spacial score (nSPS) is 17.7. The maximum atomic E-state index is 12.8. The Balaban J connectivity index is 1.41. The monoisotopic (exact) mass is 429 g/mol. The topological polar surface area (TPSA) is 90.6 Å². The standard InChI is InChI=1S/C22H31N5O4/c1-25-22(29)27(17-6-4-5-7-17)20(24-25)15-10-12-26(13-11-15)21(28)23-16-8-9-18(30-2)19(14-16)31-3/h8-9,14-15,17H,4-7,10-13H2,1-3H3,(H,23,28). The summed E-state index contributed by atoms with van der Waals surface area (Å²) >= 11 is 0. The molecular weight excluding hydrogens is 398 g/mol. The van der Waals surface area contributed by atoms with Gasteiger partial charge < -0.3 is 19.7 Å². The SMILES string of the molecule is COc1ccc(NC(=O)N2CCC(c3nn(C)c(=O)n3C3CCCC3)CC2)cc1OC. The number of amides is 2. The molecule has 1 N–H and O–H groups in total. The molecule has 2 fully saturated rings. The number of methoxy groups -OCH3 is 2. The molecule has 1 saturated carbocycles. The molecule has 0 atom stereocenters. The fourth-order valence-corrected chi connectivity index (χ4v) is 4.74. The molecule has 31 heavy (non-hydrogen) atoms. The lowest BCUT2D eigenvalue weighted by Gasteiger charge is -2.32. The van der Waals surface area contributed by atoms with Gasteiger partial charge in [-0.3, -0.25) is 4.57 Å². The molecule has 9 nitrogen and oxygen atoms in total. The highest BCUT2D eigenvalue weighted by molar-refractivity contribution is 5.89. The first kappa shape index (κ1) is 21.3. The lowest BCUT2D eigenvalue weighted by molar-refractivity contribution is 0.192. The number of hydrogen-bond acceptors (Lipinski definition) is 5. The highest BCUT2D eigenvalue weighted by Crippen LogP contribution is 2.34. The predicted molar refractivity (Wildman–Crippen MR) is 117 cm³/mol. The number of benzene rings is 1. The number of nitrogens with one attached hydrogen (secondary N) is 1. The quantitative estimate of drug-likeness (QED) is 0.789. The van der Waals surface area contributed by atoms with Crippen LogP contribution in [0.3, 0.4) is 0 Å². The van der Waals surface area contributed by atoms with Gasteiger partial charge in [0.25, 0.3) is 0 Å². The molecule has 2 amide bonds. The van der Waals surface area contributed by atoms with Gasteiger partial charge in [-0.05, 0) is 37.8 Å². The van der Waals surface area contributed by atoms with Gasteiger partial charge in [-0.15, -0.1) is 0 Å². The molecule has 4 rings (SSSR count). The van der Waals surface area contributed by atoms with E-state index in [9.17, 15) is 9.59 Å². The van der Waals surface area contributed by atoms with Crippen molar-refractivity contribution in [2.45, 2.75) is 50.5 Å². The second-order valence-corrected chi connectivity index (χ2v) is 8.33. The van der Waals surface area contributed by atoms with Crippen LogP contribution in [0.2, 0.25) is 0 Å². The van der Waals surface area contributed by atoms with Crippen molar-refractivity contribution in [1.29, 1.82) is 0 Å². The van der Waals surface area contributed by atoms with Crippen LogP contribution < -0.4 is 20.5 Å². The highest BCUT2D eigenvalue weighted by atomic mass is 16.5. The summed E-state index contributed by atoms with van der Waals surface area (Å²) in [5, 5.41) is 7.51. The maximum absolute atomic E-state index is 12.8. The summed E-state index contributed by atoms with van der Waals surface area (Å²) < 4.78 is 13.9. The van der Waals surface area contributed by atoms with E-state index in [0.29, 0.717) is 30.3 Å². The lowest BCUT2D eigenvalue weighted by atomic mass is 9.95. The van der Waals surface area contributed by atoms with Gasteiger partial charge in [0.1, 0.15) is 5.82 Å². The Morgan fingerprint density at radius 2 is 1.74 bits per heavy atom. The number of nitrogens with zero attached hydrogens (tertiary/aromatic N) is 4. The Hall–Kier alpha value is -2.97. The van der Waals surface area contributed by atoms with Crippen molar-refractivity contribution >= 4 is 11.7 Å². The number of likely N-dealkylation sites (tertiary alicyclic amines) is 1. The first-order valence-electron chi connectivity index (χ1n) is 10.9. The van der Waals surface area contributed by atoms with Gasteiger partial charge in [0.15, 0.2) is 11.5 Å². The van der Waals surface area contributed by atoms with Crippen LogP contribution in [0.4, 0.5) is 10.5 Å². The van der Waals surface area contributed by atoms with Gasteiger partial charge >= 0.3 is 11.7 Å². The summed E-state index contributed by atoms with van der Waals surface area (Å²) in [6.07, 6.45) is 6.02. The van der Waals surface area contributed by atoms with Gasteiger partial charge in [-0.2, -0.15) is 5.10 Å². The molecule has 1 aliphatic heterocycles. The summed E-state index contributed by atoms with van der Waals surface area (Å²) in [4.78, 5) is 27.2. The first-order chi connectivity index (χ1) is 15.0. The fraction of sp³-hybridized carbons (Fsp3) is 0.591. The van der Waals surface area contributed by atoms with Crippen LogP contribution in [-0.2, 0) is 7.05 Å². The Morgan fingerprint density at radius 1 is 1.06 bits per heavy atom. The van der Waals surface area contributed by atoms with Crippen molar-refractivity contribution < 1.29 is 14.3 Å². The van der Waals surface area contributed by atoms with Crippen LogP contribution in [0.15, 0.2) is 23.0 Å². The molecular formula is C22H31N5O4. The number of ether oxygens (including phenoxy) is 2. The van der Waals surface area contributed by atoms with E-state index in [4.69, 9.17) is 9.47 Å². The van der Waals surface area contributed by atoms with Gasteiger partial charge in [0, 0.05) is 43.9 Å². The molecule has 0 radical (unpaired) electrons. The third kappa shape index (κ3) is 4.26. The Morgan fingerprint density at radius 3 is 2.39 bits per heavy atom. The molecule has 9 heteroatoms. The van der Waals surface area contributed by atoms with E-state index < -0.39 is 0 Å². The molecule has 2 aromatic rings. The van der Waals surface area contributed by atoms with Crippen molar-refractivity contribution in [3.05, 3.63) is 34.5 Å². The molecule has 168 valence electrons. The minimum atomic E-state index is -0.139. The number of piperidine rings is 1. The van der Waals surface area contributed by atoms with Crippen LogP contribution in [0.5, 0.6) is 11.5 Å². The minimum Gasteiger partial charge on any atom is -0.493 e. The Labute approximate surface area is 181 Å². The number of carbonyl (C=O) groups is 1. The number of urea groups is 1. The van der Waals surface area contributed by atoms with E-state index in [-0.39, 0.29) is 23.7 Å². The van der Waals surface area contributed by atoms with Crippen LogP contribution in [0.1, 0.15) is 56.3 Å². The number of aryl methyl sites for hydroxylation is 1. The van der Waals surface area contributed by atoms with Gasteiger partial charge in [-0.25, -0.2) is 14.3 Å². The fourth-order valence-electron chi connectivity index (χ4n) is 4.74. The average molecular weight is 430 g/mol. The molecule has 1 aromatic carbocycles. The number of hydrogen-bond donors (Lipinski definition) is 1. The summed E-state index contributed by atoms with van der Waals surface area (Å²) in [6, 6.07) is 5.43. The average Bonchev–Trinajstić information content (AvgIpc) is 3.42. The lowest BCUT2D eigenvalue weighted by Crippen LogP contribution is -2.41. The van der Waals surface area contributed by atoms with Crippen LogP contribution in [0, 0.1) is 0 Å². The Kier molecular flexibility index (Phi) is 6.20. The first-order valence-corrected chi connectivity index (χ1v) is 10.9. The largest absolute Gasteiger partial charge is 0.493 e. The molecule has 1 aliphatic carbocycles. The third-order valence-electron chi connectivity index (χ3n) is 6.45. The summed E-state index contributed by atoms with van der Waals surface area (Å²) in [6.45, 7) is 1.25. The van der Waals surface area contributed by atoms with Crippen LogP contribution >= 0.6 is 0 Å². The Bertz CT molecular complexity index is 984. The maximum Gasteiger partial charge on any atom is 0.345 e. The highest BCUT2D eigenvalue weighted by Gasteiger charge is 2.31. The molecule has 1 saturated heterocycles. The van der Waals surface area contributed by atoms with E-state index in [2.05, 4.69) is 10.4 Å². The summed E-state index contributed by atoms with van der Waals surface area (Å²) in [5.74, 6) is 2.27. The van der Waals surface area contributed by atoms with Crippen molar-refractivity contribution in [3.63, 3.8) is 0 Å². The van der Waals surface area contributed by atoms with Crippen molar-refractivity contribution in [2.75, 3.05) is 32.6 Å². The summed E-state index contributed by atoms with van der Waals surface area (Å²) in [7, 11) is 4.87. The zero-order chi connectivity index (χ0) is 22.0. The number of rotatable bonds is 5. The number of aromatic nitrogens is 3. The van der Waals surface area contributed by atoms with Gasteiger partial charge in [0.2, 0.25) is 0 Å². The molecule has 2 heterocycles. The van der Waals surface area contributed by atoms with Crippen molar-refractivity contribution in [3.8, 4) is 11.5 Å². The van der Waals surface area contributed by atoms with Crippen LogP contribution in [0.25, 0.3) is 0 Å². The van der Waals surface area contributed by atoms with E-state index in [1.807, 2.05) is 9.47 Å². The molecule has 0 spiro atoms. The van der Waals surface area contributed by atoms with Gasteiger partial charge in [0.05, 0.1) is 14.2 Å². The number of anilines is 1. The molecule has 0 bridgehead atoms.